The number of carbonyl (C=O) groups is 2. The molecule has 1 aromatic carbocycles. The fraction of sp³-hybridized carbons (Fsp3) is 0.333. The monoisotopic (exact) mass is 425 g/mol. The minimum atomic E-state index is -3.92. The summed E-state index contributed by atoms with van der Waals surface area (Å²) in [6.07, 6.45) is 1.49. The Bertz CT molecular complexity index is 927. The molecule has 158 valence electrons. The van der Waals surface area contributed by atoms with Gasteiger partial charge in [-0.1, -0.05) is 0 Å². The van der Waals surface area contributed by atoms with E-state index in [1.54, 1.807) is 12.1 Å². The highest BCUT2D eigenvalue weighted by molar-refractivity contribution is 7.89. The van der Waals surface area contributed by atoms with Crippen LogP contribution >= 0.6 is 0 Å². The zero-order valence-corrected chi connectivity index (χ0v) is 16.9. The summed E-state index contributed by atoms with van der Waals surface area (Å²) in [7, 11) is -1.15. The van der Waals surface area contributed by atoms with E-state index in [2.05, 4.69) is 15.4 Å². The number of furan rings is 1. The van der Waals surface area contributed by atoms with Crippen molar-refractivity contribution in [2.24, 2.45) is 0 Å². The van der Waals surface area contributed by atoms with E-state index in [4.69, 9.17) is 13.9 Å². The number of carbonyl (C=O) groups excluding carboxylic acids is 2. The molecule has 2 amide bonds. The Labute approximate surface area is 168 Å². The van der Waals surface area contributed by atoms with E-state index >= 15 is 0 Å². The largest absolute Gasteiger partial charge is 0.495 e. The van der Waals surface area contributed by atoms with Crippen LogP contribution in [0, 0.1) is 0 Å². The molecule has 3 N–H and O–H groups in total. The highest BCUT2D eigenvalue weighted by Gasteiger charge is 2.21. The van der Waals surface area contributed by atoms with Gasteiger partial charge in [-0.15, -0.1) is 0 Å². The highest BCUT2D eigenvalue weighted by atomic mass is 32.2. The fourth-order valence-corrected chi connectivity index (χ4v) is 3.51. The first-order chi connectivity index (χ1) is 13.9. The first kappa shape index (κ1) is 22.4. The fourth-order valence-electron chi connectivity index (χ4n) is 2.31. The van der Waals surface area contributed by atoms with Crippen LogP contribution in [0.4, 0.5) is 0 Å². The molecule has 29 heavy (non-hydrogen) atoms. The third-order valence-corrected chi connectivity index (χ3v) is 5.25. The number of amides is 2. The average molecular weight is 425 g/mol. The lowest BCUT2D eigenvalue weighted by Crippen LogP contribution is -2.36. The predicted octanol–water partition coefficient (Wildman–Crippen LogP) is 0.259. The summed E-state index contributed by atoms with van der Waals surface area (Å²) in [6.45, 7) is 0.169. The van der Waals surface area contributed by atoms with Crippen LogP contribution in [-0.2, 0) is 26.1 Å². The van der Waals surface area contributed by atoms with Gasteiger partial charge in [0.1, 0.15) is 16.4 Å². The Morgan fingerprint density at radius 3 is 2.59 bits per heavy atom. The topological polar surface area (TPSA) is 136 Å². The van der Waals surface area contributed by atoms with Gasteiger partial charge in [0.25, 0.3) is 5.91 Å². The van der Waals surface area contributed by atoms with E-state index in [-0.39, 0.29) is 42.4 Å². The standard InChI is InChI=1S/C18H23N3O7S/c1-26-9-7-21-29(24,25)16-10-13(5-6-15(16)27-2)18(23)20-12-17(22)19-11-14-4-3-8-28-14/h3-6,8,10,21H,7,9,11-12H2,1-2H3,(H,19,22)(H,20,23). The summed E-state index contributed by atoms with van der Waals surface area (Å²) in [6, 6.07) is 7.37. The van der Waals surface area contributed by atoms with Crippen LogP contribution < -0.4 is 20.1 Å². The van der Waals surface area contributed by atoms with Crippen molar-refractivity contribution < 1.29 is 31.9 Å². The lowest BCUT2D eigenvalue weighted by molar-refractivity contribution is -0.120. The first-order valence-corrected chi connectivity index (χ1v) is 10.1. The molecular formula is C18H23N3O7S. The van der Waals surface area contributed by atoms with Crippen LogP contribution in [0.15, 0.2) is 45.9 Å². The molecule has 2 rings (SSSR count). The van der Waals surface area contributed by atoms with Crippen molar-refractivity contribution in [3.05, 3.63) is 47.9 Å². The van der Waals surface area contributed by atoms with Crippen LogP contribution in [0.2, 0.25) is 0 Å². The van der Waals surface area contributed by atoms with Crippen LogP contribution in [-0.4, -0.2) is 54.1 Å². The summed E-state index contributed by atoms with van der Waals surface area (Å²) >= 11 is 0. The van der Waals surface area contributed by atoms with Crippen molar-refractivity contribution in [1.29, 1.82) is 0 Å². The van der Waals surface area contributed by atoms with E-state index in [0.29, 0.717) is 5.76 Å². The molecule has 0 aliphatic rings. The van der Waals surface area contributed by atoms with E-state index in [1.807, 2.05) is 0 Å². The summed E-state index contributed by atoms with van der Waals surface area (Å²) in [5, 5.41) is 5.03. The second-order valence-electron chi connectivity index (χ2n) is 5.79. The molecule has 0 aliphatic heterocycles. The molecule has 0 unspecified atom stereocenters. The number of nitrogens with one attached hydrogen (secondary N) is 3. The Morgan fingerprint density at radius 1 is 1.14 bits per heavy atom. The van der Waals surface area contributed by atoms with Gasteiger partial charge in [-0.2, -0.15) is 0 Å². The molecule has 0 atom stereocenters. The van der Waals surface area contributed by atoms with Gasteiger partial charge in [-0.05, 0) is 30.3 Å². The summed E-state index contributed by atoms with van der Waals surface area (Å²) < 4.78 is 42.3. The molecular weight excluding hydrogens is 402 g/mol. The molecule has 10 nitrogen and oxygen atoms in total. The Hall–Kier alpha value is -2.89. The average Bonchev–Trinajstić information content (AvgIpc) is 3.23. The molecule has 1 aromatic heterocycles. The number of sulfonamides is 1. The maximum absolute atomic E-state index is 12.5. The Balaban J connectivity index is 2.01. The van der Waals surface area contributed by atoms with Gasteiger partial charge >= 0.3 is 0 Å². The lowest BCUT2D eigenvalue weighted by atomic mass is 10.2. The molecule has 0 saturated carbocycles. The van der Waals surface area contributed by atoms with Gasteiger partial charge in [-0.3, -0.25) is 9.59 Å². The number of rotatable bonds is 11. The minimum absolute atomic E-state index is 0.0637. The van der Waals surface area contributed by atoms with Gasteiger partial charge in [-0.25, -0.2) is 13.1 Å². The summed E-state index contributed by atoms with van der Waals surface area (Å²) in [4.78, 5) is 24.0. The molecule has 0 aliphatic carbocycles. The minimum Gasteiger partial charge on any atom is -0.495 e. The molecule has 0 saturated heterocycles. The molecule has 1 heterocycles. The van der Waals surface area contributed by atoms with E-state index < -0.39 is 21.8 Å². The maximum Gasteiger partial charge on any atom is 0.251 e. The number of benzene rings is 1. The van der Waals surface area contributed by atoms with Crippen molar-refractivity contribution >= 4 is 21.8 Å². The zero-order valence-electron chi connectivity index (χ0n) is 16.1. The van der Waals surface area contributed by atoms with Crippen molar-refractivity contribution in [1.82, 2.24) is 15.4 Å². The van der Waals surface area contributed by atoms with Gasteiger partial charge in [0.15, 0.2) is 0 Å². The van der Waals surface area contributed by atoms with Gasteiger partial charge in [0.2, 0.25) is 15.9 Å². The predicted molar refractivity (Wildman–Crippen MR) is 103 cm³/mol. The summed E-state index contributed by atoms with van der Waals surface area (Å²) in [5.41, 5.74) is 0.0664. The number of methoxy groups -OCH3 is 2. The van der Waals surface area contributed by atoms with Crippen molar-refractivity contribution in [3.8, 4) is 5.75 Å². The Kier molecular flexibility index (Phi) is 8.19. The third kappa shape index (κ3) is 6.59. The van der Waals surface area contributed by atoms with Gasteiger partial charge in [0.05, 0.1) is 33.1 Å². The third-order valence-electron chi connectivity index (χ3n) is 3.76. The van der Waals surface area contributed by atoms with Crippen molar-refractivity contribution in [2.75, 3.05) is 33.9 Å². The van der Waals surface area contributed by atoms with Crippen LogP contribution in [0.5, 0.6) is 5.75 Å². The van der Waals surface area contributed by atoms with Crippen molar-refractivity contribution in [2.45, 2.75) is 11.4 Å². The maximum atomic E-state index is 12.5. The normalized spacial score (nSPS) is 11.1. The number of hydrogen-bond acceptors (Lipinski definition) is 7. The highest BCUT2D eigenvalue weighted by Crippen LogP contribution is 2.24. The zero-order chi connectivity index (χ0) is 21.3. The van der Waals surface area contributed by atoms with Crippen LogP contribution in [0.25, 0.3) is 0 Å². The van der Waals surface area contributed by atoms with E-state index in [9.17, 15) is 18.0 Å². The van der Waals surface area contributed by atoms with Crippen molar-refractivity contribution in [3.63, 3.8) is 0 Å². The molecule has 0 radical (unpaired) electrons. The molecule has 0 spiro atoms. The molecule has 0 fully saturated rings. The van der Waals surface area contributed by atoms with Gasteiger partial charge < -0.3 is 24.5 Å². The first-order valence-electron chi connectivity index (χ1n) is 8.61. The van der Waals surface area contributed by atoms with Crippen LogP contribution in [0.1, 0.15) is 16.1 Å². The quantitative estimate of drug-likeness (QED) is 0.439. The number of hydrogen-bond donors (Lipinski definition) is 3. The molecule has 0 bridgehead atoms. The molecule has 11 heteroatoms. The molecule has 2 aromatic rings. The van der Waals surface area contributed by atoms with E-state index in [0.717, 1.165) is 0 Å². The summed E-state index contributed by atoms with van der Waals surface area (Å²) in [5.74, 6) is -0.357. The number of ether oxygens (including phenoxy) is 2. The van der Waals surface area contributed by atoms with E-state index in [1.165, 1.54) is 38.7 Å². The second kappa shape index (κ2) is 10.6. The van der Waals surface area contributed by atoms with Crippen LogP contribution in [0.3, 0.4) is 0 Å². The van der Waals surface area contributed by atoms with Gasteiger partial charge in [0, 0.05) is 19.2 Å². The second-order valence-corrected chi connectivity index (χ2v) is 7.53. The lowest BCUT2D eigenvalue weighted by Gasteiger charge is -2.12. The Morgan fingerprint density at radius 2 is 1.93 bits per heavy atom. The SMILES string of the molecule is COCCNS(=O)(=O)c1cc(C(=O)NCC(=O)NCc2ccco2)ccc1OC. The smallest absolute Gasteiger partial charge is 0.251 e.